The molecular formula is C13H14N4O3. The number of hydrogen-bond donors (Lipinski definition) is 2. The third kappa shape index (κ3) is 2.82. The van der Waals surface area contributed by atoms with Crippen molar-refractivity contribution in [2.75, 3.05) is 5.32 Å². The lowest BCUT2D eigenvalue weighted by atomic mass is 10.1. The minimum Gasteiger partial charge on any atom is -0.476 e. The fourth-order valence-corrected chi connectivity index (χ4v) is 1.87. The molecule has 0 radical (unpaired) electrons. The summed E-state index contributed by atoms with van der Waals surface area (Å²) in [5, 5.41) is 18.8. The van der Waals surface area contributed by atoms with Crippen LogP contribution in [0, 0.1) is 13.8 Å². The van der Waals surface area contributed by atoms with Crippen molar-refractivity contribution >= 4 is 17.6 Å². The molecule has 1 amide bonds. The molecule has 0 spiro atoms. The van der Waals surface area contributed by atoms with E-state index in [0.29, 0.717) is 0 Å². The van der Waals surface area contributed by atoms with Crippen LogP contribution in [0.25, 0.3) is 0 Å². The predicted molar refractivity (Wildman–Crippen MR) is 71.5 cm³/mol. The molecule has 0 atom stereocenters. The van der Waals surface area contributed by atoms with Gasteiger partial charge in [0, 0.05) is 5.69 Å². The second-order valence-corrected chi connectivity index (χ2v) is 4.40. The quantitative estimate of drug-likeness (QED) is 0.874. The van der Waals surface area contributed by atoms with Crippen LogP contribution in [0.3, 0.4) is 0 Å². The number of carbonyl (C=O) groups excluding carboxylic acids is 1. The third-order valence-corrected chi connectivity index (χ3v) is 2.88. The first-order valence-electron chi connectivity index (χ1n) is 5.97. The number of aromatic nitrogens is 3. The van der Waals surface area contributed by atoms with Gasteiger partial charge >= 0.3 is 5.97 Å². The molecule has 1 aromatic heterocycles. The zero-order valence-electron chi connectivity index (χ0n) is 11.1. The Morgan fingerprint density at radius 1 is 1.30 bits per heavy atom. The second-order valence-electron chi connectivity index (χ2n) is 4.40. The molecule has 2 rings (SSSR count). The van der Waals surface area contributed by atoms with Crippen LogP contribution in [0.2, 0.25) is 0 Å². The van der Waals surface area contributed by atoms with Gasteiger partial charge in [-0.3, -0.25) is 4.79 Å². The monoisotopic (exact) mass is 274 g/mol. The van der Waals surface area contributed by atoms with E-state index < -0.39 is 5.97 Å². The Morgan fingerprint density at radius 3 is 2.55 bits per heavy atom. The van der Waals surface area contributed by atoms with Crippen LogP contribution < -0.4 is 5.32 Å². The molecule has 0 bridgehead atoms. The van der Waals surface area contributed by atoms with Gasteiger partial charge in [-0.05, 0) is 25.0 Å². The molecule has 0 aliphatic carbocycles. The topological polar surface area (TPSA) is 97.1 Å². The normalized spacial score (nSPS) is 10.3. The molecule has 0 saturated carbocycles. The minimum absolute atomic E-state index is 0.123. The Morgan fingerprint density at radius 2 is 1.95 bits per heavy atom. The summed E-state index contributed by atoms with van der Waals surface area (Å²) in [6, 6.07) is 5.68. The Hall–Kier alpha value is -2.70. The number of nitrogens with zero attached hydrogens (tertiary/aromatic N) is 3. The molecule has 20 heavy (non-hydrogen) atoms. The van der Waals surface area contributed by atoms with Gasteiger partial charge in [-0.15, -0.1) is 5.10 Å². The maximum absolute atomic E-state index is 12.0. The van der Waals surface area contributed by atoms with Crippen molar-refractivity contribution in [2.45, 2.75) is 20.4 Å². The number of carboxylic acids is 1. The van der Waals surface area contributed by atoms with E-state index in [-0.39, 0.29) is 18.1 Å². The Bertz CT molecular complexity index is 643. The van der Waals surface area contributed by atoms with Gasteiger partial charge < -0.3 is 10.4 Å². The van der Waals surface area contributed by atoms with Crippen LogP contribution in [0.15, 0.2) is 24.4 Å². The van der Waals surface area contributed by atoms with Crippen LogP contribution in [0.5, 0.6) is 0 Å². The van der Waals surface area contributed by atoms with Crippen LogP contribution in [-0.2, 0) is 11.3 Å². The van der Waals surface area contributed by atoms with Crippen LogP contribution in [0.1, 0.15) is 21.6 Å². The number of nitrogens with one attached hydrogen (secondary N) is 1. The van der Waals surface area contributed by atoms with E-state index in [1.807, 2.05) is 32.0 Å². The molecule has 0 unspecified atom stereocenters. The number of aromatic carboxylic acids is 1. The first-order valence-corrected chi connectivity index (χ1v) is 5.97. The molecule has 2 aromatic rings. The van der Waals surface area contributed by atoms with Crippen LogP contribution in [-0.4, -0.2) is 32.0 Å². The highest BCUT2D eigenvalue weighted by atomic mass is 16.4. The number of aryl methyl sites for hydroxylation is 2. The Labute approximate surface area is 115 Å². The smallest absolute Gasteiger partial charge is 0.355 e. The maximum atomic E-state index is 12.0. The van der Waals surface area contributed by atoms with E-state index in [9.17, 15) is 9.59 Å². The van der Waals surface area contributed by atoms with Crippen molar-refractivity contribution in [3.63, 3.8) is 0 Å². The minimum atomic E-state index is -1.17. The lowest BCUT2D eigenvalue weighted by molar-refractivity contribution is -0.116. The summed E-state index contributed by atoms with van der Waals surface area (Å²) in [5.74, 6) is -1.52. The lowest BCUT2D eigenvalue weighted by Crippen LogP contribution is -2.23. The molecule has 104 valence electrons. The zero-order chi connectivity index (χ0) is 14.7. The molecule has 0 saturated heterocycles. The van der Waals surface area contributed by atoms with E-state index in [4.69, 9.17) is 5.11 Å². The predicted octanol–water partition coefficient (Wildman–Crippen LogP) is 1.23. The molecule has 1 aromatic carbocycles. The Balaban J connectivity index is 2.14. The number of anilines is 1. The number of carbonyl (C=O) groups is 2. The molecule has 0 aliphatic rings. The average Bonchev–Trinajstić information content (AvgIpc) is 2.82. The number of rotatable bonds is 4. The molecule has 7 heteroatoms. The van der Waals surface area contributed by atoms with Gasteiger partial charge in [0.2, 0.25) is 5.91 Å². The SMILES string of the molecule is Cc1cccc(C)c1NC(=O)Cn1nncc1C(=O)O. The van der Waals surface area contributed by atoms with Gasteiger partial charge in [0.05, 0.1) is 6.20 Å². The highest BCUT2D eigenvalue weighted by molar-refractivity contribution is 5.93. The van der Waals surface area contributed by atoms with Crippen molar-refractivity contribution in [1.29, 1.82) is 0 Å². The standard InChI is InChI=1S/C13H14N4O3/c1-8-4-3-5-9(2)12(8)15-11(18)7-17-10(13(19)20)6-14-16-17/h3-6H,7H2,1-2H3,(H,15,18)(H,19,20). The molecule has 0 fully saturated rings. The summed E-state index contributed by atoms with van der Waals surface area (Å²) in [6.07, 6.45) is 1.11. The van der Waals surface area contributed by atoms with Gasteiger partial charge in [0.15, 0.2) is 5.69 Å². The first-order chi connectivity index (χ1) is 9.49. The summed E-state index contributed by atoms with van der Waals surface area (Å²) in [5.41, 5.74) is 2.49. The molecule has 2 N–H and O–H groups in total. The first kappa shape index (κ1) is 13.7. The van der Waals surface area contributed by atoms with Gasteiger partial charge in [-0.25, -0.2) is 9.48 Å². The summed E-state index contributed by atoms with van der Waals surface area (Å²) in [6.45, 7) is 3.58. The second kappa shape index (κ2) is 5.52. The molecule has 1 heterocycles. The number of benzene rings is 1. The van der Waals surface area contributed by atoms with E-state index in [1.54, 1.807) is 0 Å². The lowest BCUT2D eigenvalue weighted by Gasteiger charge is -2.11. The maximum Gasteiger partial charge on any atom is 0.355 e. The van der Waals surface area contributed by atoms with E-state index in [0.717, 1.165) is 27.7 Å². The van der Waals surface area contributed by atoms with Crippen molar-refractivity contribution in [2.24, 2.45) is 0 Å². The molecular weight excluding hydrogens is 260 g/mol. The van der Waals surface area contributed by atoms with E-state index >= 15 is 0 Å². The van der Waals surface area contributed by atoms with Gasteiger partial charge in [0.1, 0.15) is 6.54 Å². The van der Waals surface area contributed by atoms with E-state index in [2.05, 4.69) is 15.6 Å². The summed E-state index contributed by atoms with van der Waals surface area (Å²) in [7, 11) is 0. The van der Waals surface area contributed by atoms with Crippen LogP contribution >= 0.6 is 0 Å². The number of para-hydroxylation sites is 1. The van der Waals surface area contributed by atoms with E-state index in [1.165, 1.54) is 0 Å². The molecule has 0 aliphatic heterocycles. The summed E-state index contributed by atoms with van der Waals surface area (Å²) >= 11 is 0. The third-order valence-electron chi connectivity index (χ3n) is 2.88. The van der Waals surface area contributed by atoms with Crippen molar-refractivity contribution in [3.05, 3.63) is 41.2 Å². The van der Waals surface area contributed by atoms with Crippen molar-refractivity contribution in [1.82, 2.24) is 15.0 Å². The number of hydrogen-bond acceptors (Lipinski definition) is 4. The number of carboxylic acid groups (broad SMARTS) is 1. The number of amides is 1. The van der Waals surface area contributed by atoms with Gasteiger partial charge in [0.25, 0.3) is 0 Å². The van der Waals surface area contributed by atoms with Crippen molar-refractivity contribution < 1.29 is 14.7 Å². The fraction of sp³-hybridized carbons (Fsp3) is 0.231. The van der Waals surface area contributed by atoms with Gasteiger partial charge in [-0.2, -0.15) is 0 Å². The summed E-state index contributed by atoms with van der Waals surface area (Å²) in [4.78, 5) is 22.9. The largest absolute Gasteiger partial charge is 0.476 e. The molecule has 7 nitrogen and oxygen atoms in total. The van der Waals surface area contributed by atoms with Crippen LogP contribution in [0.4, 0.5) is 5.69 Å². The highest BCUT2D eigenvalue weighted by Gasteiger charge is 2.15. The Kier molecular flexibility index (Phi) is 3.79. The zero-order valence-corrected chi connectivity index (χ0v) is 11.1. The van der Waals surface area contributed by atoms with Gasteiger partial charge in [-0.1, -0.05) is 23.4 Å². The average molecular weight is 274 g/mol. The van der Waals surface area contributed by atoms with Crippen molar-refractivity contribution in [3.8, 4) is 0 Å². The highest BCUT2D eigenvalue weighted by Crippen LogP contribution is 2.19. The fourth-order valence-electron chi connectivity index (χ4n) is 1.87. The summed E-state index contributed by atoms with van der Waals surface area (Å²) < 4.78 is 1.05.